The van der Waals surface area contributed by atoms with Crippen molar-refractivity contribution < 1.29 is 14.3 Å². The fourth-order valence-electron chi connectivity index (χ4n) is 2.50. The van der Waals surface area contributed by atoms with Crippen LogP contribution in [0, 0.1) is 13.8 Å². The third-order valence-electron chi connectivity index (χ3n) is 3.65. The third kappa shape index (κ3) is 4.82. The van der Waals surface area contributed by atoms with Gasteiger partial charge >= 0.3 is 5.97 Å². The number of benzene rings is 1. The molecule has 6 nitrogen and oxygen atoms in total. The molecule has 1 amide bonds. The van der Waals surface area contributed by atoms with E-state index in [1.807, 2.05) is 38.1 Å². The van der Waals surface area contributed by atoms with Crippen LogP contribution in [-0.2, 0) is 16.1 Å². The molecule has 0 unspecified atom stereocenters. The average Bonchev–Trinajstić information content (AvgIpc) is 2.81. The van der Waals surface area contributed by atoms with Gasteiger partial charge in [-0.15, -0.1) is 0 Å². The highest BCUT2D eigenvalue weighted by atomic mass is 35.5. The van der Waals surface area contributed by atoms with Crippen molar-refractivity contribution in [3.05, 3.63) is 51.8 Å². The number of halogens is 1. The second kappa shape index (κ2) is 8.16. The Labute approximate surface area is 152 Å². The summed E-state index contributed by atoms with van der Waals surface area (Å²) in [5.74, 6) is -0.888. The van der Waals surface area contributed by atoms with Gasteiger partial charge in [0, 0.05) is 11.1 Å². The molecule has 0 spiro atoms. The van der Waals surface area contributed by atoms with Crippen LogP contribution in [0.1, 0.15) is 41.2 Å². The van der Waals surface area contributed by atoms with Crippen molar-refractivity contribution in [3.63, 3.8) is 0 Å². The molecule has 0 aliphatic rings. The van der Waals surface area contributed by atoms with E-state index in [-0.39, 0.29) is 18.6 Å². The van der Waals surface area contributed by atoms with E-state index in [2.05, 4.69) is 10.4 Å². The van der Waals surface area contributed by atoms with E-state index in [0.29, 0.717) is 28.5 Å². The number of carbonyl (C=O) groups excluding carboxylic acids is 2. The monoisotopic (exact) mass is 363 g/mol. The van der Waals surface area contributed by atoms with Gasteiger partial charge < -0.3 is 10.1 Å². The maximum absolute atomic E-state index is 12.3. The molecular formula is C18H22ClN3O3. The summed E-state index contributed by atoms with van der Waals surface area (Å²) in [4.78, 5) is 23.9. The fraction of sp³-hybridized carbons (Fsp3) is 0.389. The summed E-state index contributed by atoms with van der Waals surface area (Å²) in [5, 5.41) is 7.71. The van der Waals surface area contributed by atoms with Gasteiger partial charge in [0.2, 0.25) is 0 Å². The highest BCUT2D eigenvalue weighted by Crippen LogP contribution is 2.20. The molecule has 0 radical (unpaired) electrons. The van der Waals surface area contributed by atoms with Crippen LogP contribution in [0.4, 0.5) is 0 Å². The molecule has 1 N–H and O–H groups in total. The highest BCUT2D eigenvalue weighted by molar-refractivity contribution is 6.31. The van der Waals surface area contributed by atoms with Crippen molar-refractivity contribution in [1.29, 1.82) is 0 Å². The van der Waals surface area contributed by atoms with E-state index >= 15 is 0 Å². The van der Waals surface area contributed by atoms with E-state index in [9.17, 15) is 9.59 Å². The van der Waals surface area contributed by atoms with E-state index < -0.39 is 5.97 Å². The number of aryl methyl sites for hydroxylation is 1. The molecule has 1 aromatic heterocycles. The van der Waals surface area contributed by atoms with Crippen LogP contribution in [0.15, 0.2) is 24.3 Å². The zero-order chi connectivity index (χ0) is 18.6. The number of nitrogens with zero attached hydrogens (tertiary/aromatic N) is 2. The second-order valence-corrected chi connectivity index (χ2v) is 6.50. The Bertz CT molecular complexity index is 784. The Hall–Kier alpha value is -2.34. The van der Waals surface area contributed by atoms with Gasteiger partial charge in [-0.1, -0.05) is 29.8 Å². The first-order chi connectivity index (χ1) is 11.8. The molecule has 0 saturated heterocycles. The maximum atomic E-state index is 12.3. The molecular weight excluding hydrogens is 342 g/mol. The quantitative estimate of drug-likeness (QED) is 0.801. The smallest absolute Gasteiger partial charge is 0.342 e. The van der Waals surface area contributed by atoms with Crippen molar-refractivity contribution in [2.45, 2.75) is 40.3 Å². The molecule has 0 aliphatic carbocycles. The molecule has 2 rings (SSSR count). The summed E-state index contributed by atoms with van der Waals surface area (Å²) in [6.07, 6.45) is 0. The van der Waals surface area contributed by atoms with Crippen LogP contribution in [0.2, 0.25) is 5.02 Å². The molecule has 0 aliphatic heterocycles. The molecule has 7 heteroatoms. The minimum absolute atomic E-state index is 0.00644. The predicted molar refractivity (Wildman–Crippen MR) is 95.8 cm³/mol. The SMILES string of the molecule is Cc1nn(Cc2ccccc2Cl)c(C)c1C(=O)OCC(=O)NC(C)C. The lowest BCUT2D eigenvalue weighted by atomic mass is 10.2. The van der Waals surface area contributed by atoms with Gasteiger partial charge in [0.1, 0.15) is 5.56 Å². The zero-order valence-corrected chi connectivity index (χ0v) is 15.6. The summed E-state index contributed by atoms with van der Waals surface area (Å²) in [6, 6.07) is 7.47. The predicted octanol–water partition coefficient (Wildman–Crippen LogP) is 2.88. The molecule has 0 saturated carbocycles. The van der Waals surface area contributed by atoms with Crippen molar-refractivity contribution in [3.8, 4) is 0 Å². The minimum Gasteiger partial charge on any atom is -0.452 e. The third-order valence-corrected chi connectivity index (χ3v) is 4.02. The van der Waals surface area contributed by atoms with Gasteiger partial charge in [0.15, 0.2) is 6.61 Å². The number of hydrogen-bond acceptors (Lipinski definition) is 4. The largest absolute Gasteiger partial charge is 0.452 e. The van der Waals surface area contributed by atoms with Crippen LogP contribution in [0.5, 0.6) is 0 Å². The standard InChI is InChI=1S/C18H22ClN3O3/c1-11(2)20-16(23)10-25-18(24)17-12(3)21-22(13(17)4)9-14-7-5-6-8-15(14)19/h5-8,11H,9-10H2,1-4H3,(H,20,23). The normalized spacial score (nSPS) is 10.8. The molecule has 1 aromatic carbocycles. The number of rotatable bonds is 6. The number of esters is 1. The van der Waals surface area contributed by atoms with Crippen LogP contribution in [-0.4, -0.2) is 34.3 Å². The Balaban J connectivity index is 2.12. The van der Waals surface area contributed by atoms with Gasteiger partial charge in [-0.05, 0) is 39.3 Å². The Kier molecular flexibility index (Phi) is 6.20. The minimum atomic E-state index is -0.556. The van der Waals surface area contributed by atoms with Crippen molar-refractivity contribution in [2.75, 3.05) is 6.61 Å². The number of hydrogen-bond donors (Lipinski definition) is 1. The molecule has 134 valence electrons. The summed E-state index contributed by atoms with van der Waals surface area (Å²) in [5.41, 5.74) is 2.51. The highest BCUT2D eigenvalue weighted by Gasteiger charge is 2.21. The fourth-order valence-corrected chi connectivity index (χ4v) is 2.70. The first kappa shape index (κ1) is 19.0. The lowest BCUT2D eigenvalue weighted by molar-refractivity contribution is -0.124. The molecule has 1 heterocycles. The number of amides is 1. The maximum Gasteiger partial charge on any atom is 0.342 e. The molecule has 0 fully saturated rings. The van der Waals surface area contributed by atoms with E-state index in [1.54, 1.807) is 18.5 Å². The van der Waals surface area contributed by atoms with Crippen molar-refractivity contribution in [1.82, 2.24) is 15.1 Å². The Morgan fingerprint density at radius 1 is 1.28 bits per heavy atom. The summed E-state index contributed by atoms with van der Waals surface area (Å²) < 4.78 is 6.82. The van der Waals surface area contributed by atoms with Crippen molar-refractivity contribution >= 4 is 23.5 Å². The summed E-state index contributed by atoms with van der Waals surface area (Å²) in [7, 11) is 0. The molecule has 2 aromatic rings. The van der Waals surface area contributed by atoms with E-state index in [0.717, 1.165) is 5.56 Å². The van der Waals surface area contributed by atoms with Crippen LogP contribution >= 0.6 is 11.6 Å². The first-order valence-corrected chi connectivity index (χ1v) is 8.41. The number of carbonyl (C=O) groups is 2. The summed E-state index contributed by atoms with van der Waals surface area (Å²) in [6.45, 7) is 7.35. The molecule has 0 atom stereocenters. The second-order valence-electron chi connectivity index (χ2n) is 6.09. The number of aromatic nitrogens is 2. The molecule has 0 bridgehead atoms. The van der Waals surface area contributed by atoms with Gasteiger partial charge in [0.05, 0.1) is 17.9 Å². The van der Waals surface area contributed by atoms with E-state index in [1.165, 1.54) is 0 Å². The lowest BCUT2D eigenvalue weighted by Gasteiger charge is -2.09. The average molecular weight is 364 g/mol. The lowest BCUT2D eigenvalue weighted by Crippen LogP contribution is -2.34. The first-order valence-electron chi connectivity index (χ1n) is 8.03. The van der Waals surface area contributed by atoms with Gasteiger partial charge in [-0.3, -0.25) is 9.48 Å². The Morgan fingerprint density at radius 2 is 1.96 bits per heavy atom. The topological polar surface area (TPSA) is 73.2 Å². The van der Waals surface area contributed by atoms with Crippen LogP contribution in [0.3, 0.4) is 0 Å². The van der Waals surface area contributed by atoms with Gasteiger partial charge in [-0.25, -0.2) is 4.79 Å². The van der Waals surface area contributed by atoms with Gasteiger partial charge in [0.25, 0.3) is 5.91 Å². The zero-order valence-electron chi connectivity index (χ0n) is 14.8. The van der Waals surface area contributed by atoms with Crippen molar-refractivity contribution in [2.24, 2.45) is 0 Å². The summed E-state index contributed by atoms with van der Waals surface area (Å²) >= 11 is 6.18. The Morgan fingerprint density at radius 3 is 2.60 bits per heavy atom. The van der Waals surface area contributed by atoms with Crippen LogP contribution < -0.4 is 5.32 Å². The van der Waals surface area contributed by atoms with E-state index in [4.69, 9.17) is 16.3 Å². The van der Waals surface area contributed by atoms with Crippen LogP contribution in [0.25, 0.3) is 0 Å². The van der Waals surface area contributed by atoms with Gasteiger partial charge in [-0.2, -0.15) is 5.10 Å². The number of nitrogens with one attached hydrogen (secondary N) is 1. The molecule has 25 heavy (non-hydrogen) atoms. The number of ether oxygens (including phenoxy) is 1.